The van der Waals surface area contributed by atoms with Crippen LogP contribution < -0.4 is 0 Å². The highest BCUT2D eigenvalue weighted by Crippen LogP contribution is 2.30. The summed E-state index contributed by atoms with van der Waals surface area (Å²) in [5, 5.41) is 10.2. The topological polar surface area (TPSA) is 19.9 Å². The van der Waals surface area contributed by atoms with Gasteiger partial charge in [0.1, 0.15) is 0 Å². The van der Waals surface area contributed by atoms with E-state index in [9.17, 15) is 22.7 Å². The Labute approximate surface area is 71.6 Å². The van der Waals surface area contributed by atoms with Crippen molar-refractivity contribution in [2.75, 3.05) is 0 Å². The Morgan fingerprint density at radius 1 is 1.23 bits per heavy atom. The molecule has 0 fully saturated rings. The lowest BCUT2D eigenvalue weighted by Gasteiger charge is -2.07. The molecule has 1 rings (SSSR count). The largest absolute Gasteiger partial charge is 0.416 e. The molecular weight excluding hydrogens is 188 g/mol. The minimum absolute atomic E-state index is 0.505. The summed E-state index contributed by atoms with van der Waals surface area (Å²) in [6.07, 6.45) is -7.16. The summed E-state index contributed by atoms with van der Waals surface area (Å²) < 4.78 is 48.1. The van der Waals surface area contributed by atoms with Crippen LogP contribution in [-0.2, 0) is 11.3 Å². The smallest absolute Gasteiger partial charge is 0.207 e. The first-order valence-corrected chi connectivity index (χ1v) is 3.38. The van der Waals surface area contributed by atoms with E-state index in [1.165, 1.54) is 0 Å². The first-order chi connectivity index (χ1) is 5.91. The second-order valence-electron chi connectivity index (χ2n) is 2.44. The van der Waals surface area contributed by atoms with Crippen molar-refractivity contribution in [2.45, 2.75) is 12.5 Å². The molecule has 1 aromatic carbocycles. The minimum atomic E-state index is -4.54. The van der Waals surface area contributed by atoms with Gasteiger partial charge in [0.05, 0.1) is 5.56 Å². The van der Waals surface area contributed by atoms with Crippen molar-refractivity contribution in [3.05, 3.63) is 35.4 Å². The van der Waals surface area contributed by atoms with Gasteiger partial charge in [0, 0.05) is 5.56 Å². The highest BCUT2D eigenvalue weighted by molar-refractivity contribution is 5.26. The Hall–Kier alpha value is -1.10. The van der Waals surface area contributed by atoms with Crippen molar-refractivity contribution in [3.63, 3.8) is 0 Å². The van der Waals surface area contributed by atoms with Crippen LogP contribution >= 0.6 is 0 Å². The maximum Gasteiger partial charge on any atom is 0.416 e. The molecule has 0 bridgehead atoms. The molecule has 71 valence electrons. The SMILES string of the molecule is [O]C(F)c1cccc(C(F)(F)F)c1. The van der Waals surface area contributed by atoms with Crippen LogP contribution in [0.15, 0.2) is 24.3 Å². The second-order valence-corrected chi connectivity index (χ2v) is 2.44. The molecule has 5 heteroatoms. The summed E-state index contributed by atoms with van der Waals surface area (Å²) in [6, 6.07) is 3.32. The van der Waals surface area contributed by atoms with Crippen LogP contribution in [0.25, 0.3) is 0 Å². The van der Waals surface area contributed by atoms with Gasteiger partial charge >= 0.3 is 6.18 Å². The van der Waals surface area contributed by atoms with Crippen molar-refractivity contribution < 1.29 is 22.7 Å². The Balaban J connectivity index is 3.06. The van der Waals surface area contributed by atoms with Crippen molar-refractivity contribution in [3.8, 4) is 0 Å². The minimum Gasteiger partial charge on any atom is -0.207 e. The van der Waals surface area contributed by atoms with Gasteiger partial charge in [-0.25, -0.2) is 4.39 Å². The number of halogens is 4. The molecule has 1 unspecified atom stereocenters. The molecule has 13 heavy (non-hydrogen) atoms. The van der Waals surface area contributed by atoms with Crippen LogP contribution in [0.2, 0.25) is 0 Å². The van der Waals surface area contributed by atoms with Crippen LogP contribution in [0.1, 0.15) is 17.5 Å². The van der Waals surface area contributed by atoms with Crippen LogP contribution in [0.3, 0.4) is 0 Å². The highest BCUT2D eigenvalue weighted by atomic mass is 19.4. The Kier molecular flexibility index (Phi) is 2.56. The molecule has 0 aliphatic rings. The fraction of sp³-hybridized carbons (Fsp3) is 0.250. The molecule has 0 aromatic heterocycles. The molecule has 1 radical (unpaired) electrons. The number of alkyl halides is 4. The van der Waals surface area contributed by atoms with Crippen LogP contribution in [0.4, 0.5) is 17.6 Å². The van der Waals surface area contributed by atoms with Gasteiger partial charge in [0.15, 0.2) is 0 Å². The quantitative estimate of drug-likeness (QED) is 0.610. The molecule has 0 saturated carbocycles. The van der Waals surface area contributed by atoms with E-state index in [1.54, 1.807) is 0 Å². The van der Waals surface area contributed by atoms with Crippen LogP contribution in [-0.4, -0.2) is 0 Å². The van der Waals surface area contributed by atoms with Gasteiger partial charge in [0.25, 0.3) is 6.36 Å². The zero-order valence-electron chi connectivity index (χ0n) is 6.31. The predicted octanol–water partition coefficient (Wildman–Crippen LogP) is 3.10. The van der Waals surface area contributed by atoms with Crippen molar-refractivity contribution in [1.29, 1.82) is 0 Å². The van der Waals surface area contributed by atoms with Crippen molar-refractivity contribution in [2.24, 2.45) is 0 Å². The Morgan fingerprint density at radius 2 is 1.85 bits per heavy atom. The zero-order chi connectivity index (χ0) is 10.1. The number of hydrogen-bond donors (Lipinski definition) is 0. The molecule has 0 N–H and O–H groups in total. The standard InChI is InChI=1S/C8H5F4O/c9-7(13)5-2-1-3-6(4-5)8(10,11)12/h1-4,7H. The van der Waals surface area contributed by atoms with Gasteiger partial charge in [-0.1, -0.05) is 12.1 Å². The number of hydrogen-bond acceptors (Lipinski definition) is 0. The summed E-state index contributed by atoms with van der Waals surface area (Å²) in [6.45, 7) is 0. The summed E-state index contributed by atoms with van der Waals surface area (Å²) in [4.78, 5) is 0. The van der Waals surface area contributed by atoms with E-state index in [-0.39, 0.29) is 0 Å². The average molecular weight is 193 g/mol. The van der Waals surface area contributed by atoms with Gasteiger partial charge in [-0.2, -0.15) is 18.3 Å². The lowest BCUT2D eigenvalue weighted by atomic mass is 10.1. The van der Waals surface area contributed by atoms with Crippen LogP contribution in [0.5, 0.6) is 0 Å². The Bertz CT molecular complexity index is 292. The van der Waals surface area contributed by atoms with E-state index in [2.05, 4.69) is 0 Å². The Morgan fingerprint density at radius 3 is 2.31 bits per heavy atom. The van der Waals surface area contributed by atoms with Gasteiger partial charge < -0.3 is 0 Å². The molecule has 1 nitrogen and oxygen atoms in total. The summed E-state index contributed by atoms with van der Waals surface area (Å²) in [5.74, 6) is 0. The van der Waals surface area contributed by atoms with E-state index < -0.39 is 23.7 Å². The van der Waals surface area contributed by atoms with E-state index in [0.717, 1.165) is 18.2 Å². The molecule has 0 heterocycles. The lowest BCUT2D eigenvalue weighted by molar-refractivity contribution is -0.137. The van der Waals surface area contributed by atoms with Gasteiger partial charge in [0.2, 0.25) is 0 Å². The maximum absolute atomic E-state index is 12.1. The lowest BCUT2D eigenvalue weighted by Crippen LogP contribution is -2.05. The number of benzene rings is 1. The molecule has 0 aliphatic carbocycles. The molecule has 1 aromatic rings. The first kappa shape index (κ1) is 9.98. The maximum atomic E-state index is 12.1. The third-order valence-corrected chi connectivity index (χ3v) is 1.48. The summed E-state index contributed by atoms with van der Waals surface area (Å²) in [5.41, 5.74) is -1.52. The van der Waals surface area contributed by atoms with Crippen molar-refractivity contribution in [1.82, 2.24) is 0 Å². The van der Waals surface area contributed by atoms with Gasteiger partial charge in [-0.05, 0) is 12.1 Å². The van der Waals surface area contributed by atoms with Crippen LogP contribution in [0, 0.1) is 0 Å². The molecular formula is C8H5F4O. The van der Waals surface area contributed by atoms with Gasteiger partial charge in [-0.3, -0.25) is 0 Å². The fourth-order valence-corrected chi connectivity index (χ4v) is 0.856. The first-order valence-electron chi connectivity index (χ1n) is 3.38. The third kappa shape index (κ3) is 2.42. The predicted molar refractivity (Wildman–Crippen MR) is 36.0 cm³/mol. The van der Waals surface area contributed by atoms with E-state index in [0.29, 0.717) is 6.07 Å². The van der Waals surface area contributed by atoms with Crippen molar-refractivity contribution >= 4 is 0 Å². The monoisotopic (exact) mass is 193 g/mol. The molecule has 0 spiro atoms. The highest BCUT2D eigenvalue weighted by Gasteiger charge is 2.30. The second kappa shape index (κ2) is 3.33. The molecule has 0 aliphatic heterocycles. The normalized spacial score (nSPS) is 14.2. The zero-order valence-corrected chi connectivity index (χ0v) is 6.31. The molecule has 0 saturated heterocycles. The van der Waals surface area contributed by atoms with E-state index in [4.69, 9.17) is 0 Å². The summed E-state index contributed by atoms with van der Waals surface area (Å²) in [7, 11) is 0. The number of rotatable bonds is 1. The van der Waals surface area contributed by atoms with E-state index >= 15 is 0 Å². The van der Waals surface area contributed by atoms with E-state index in [1.807, 2.05) is 0 Å². The fourth-order valence-electron chi connectivity index (χ4n) is 0.856. The molecule has 1 atom stereocenters. The summed E-state index contributed by atoms with van der Waals surface area (Å²) >= 11 is 0. The third-order valence-electron chi connectivity index (χ3n) is 1.48. The molecule has 0 amide bonds. The average Bonchev–Trinajstić information content (AvgIpc) is 2.03. The van der Waals surface area contributed by atoms with Gasteiger partial charge in [-0.15, -0.1) is 0 Å².